The van der Waals surface area contributed by atoms with Gasteiger partial charge in [-0.05, 0) is 35.7 Å². The van der Waals surface area contributed by atoms with Gasteiger partial charge in [0.15, 0.2) is 0 Å². The van der Waals surface area contributed by atoms with Gasteiger partial charge in [0.1, 0.15) is 17.2 Å². The van der Waals surface area contributed by atoms with Crippen LogP contribution in [-0.2, 0) is 0 Å². The van der Waals surface area contributed by atoms with Crippen LogP contribution in [0.15, 0.2) is 42.5 Å². The zero-order valence-electron chi connectivity index (χ0n) is 12.5. The highest BCUT2D eigenvalue weighted by Gasteiger charge is 2.11. The average molecular weight is 306 g/mol. The number of nitrogens with two attached hydrogens (primary N) is 1. The highest BCUT2D eigenvalue weighted by molar-refractivity contribution is 6.32. The maximum absolute atomic E-state index is 6.10. The number of hydrogen-bond acceptors (Lipinski definition) is 3. The summed E-state index contributed by atoms with van der Waals surface area (Å²) in [5.41, 5.74) is 6.38. The molecule has 0 saturated carbocycles. The van der Waals surface area contributed by atoms with Gasteiger partial charge in [0.25, 0.3) is 0 Å². The third-order valence-corrected chi connectivity index (χ3v) is 2.96. The summed E-state index contributed by atoms with van der Waals surface area (Å²) in [6.07, 6.45) is 0. The highest BCUT2D eigenvalue weighted by Crippen LogP contribution is 2.32. The van der Waals surface area contributed by atoms with Crippen LogP contribution in [0.2, 0.25) is 5.02 Å². The van der Waals surface area contributed by atoms with Gasteiger partial charge in [-0.25, -0.2) is 0 Å². The zero-order valence-corrected chi connectivity index (χ0v) is 13.3. The Labute approximate surface area is 130 Å². The molecule has 2 aromatic rings. The molecule has 2 N–H and O–H groups in total. The van der Waals surface area contributed by atoms with Crippen molar-refractivity contribution in [3.05, 3.63) is 47.5 Å². The van der Waals surface area contributed by atoms with Crippen LogP contribution in [0.1, 0.15) is 20.8 Å². The van der Waals surface area contributed by atoms with Gasteiger partial charge >= 0.3 is 0 Å². The van der Waals surface area contributed by atoms with E-state index < -0.39 is 0 Å². The van der Waals surface area contributed by atoms with Crippen molar-refractivity contribution in [3.63, 3.8) is 0 Å². The predicted molar refractivity (Wildman–Crippen MR) is 87.3 cm³/mol. The van der Waals surface area contributed by atoms with Crippen molar-refractivity contribution in [1.82, 2.24) is 0 Å². The number of rotatable bonds is 4. The minimum absolute atomic E-state index is 0.108. The second kappa shape index (κ2) is 6.27. The first-order chi connectivity index (χ1) is 9.83. The Balaban J connectivity index is 2.10. The zero-order chi connectivity index (χ0) is 15.5. The van der Waals surface area contributed by atoms with Crippen LogP contribution in [0.25, 0.3) is 0 Å². The summed E-state index contributed by atoms with van der Waals surface area (Å²) in [4.78, 5) is 0. The summed E-state index contributed by atoms with van der Waals surface area (Å²) in [6, 6.07) is 12.7. The van der Waals surface area contributed by atoms with Gasteiger partial charge in [0.2, 0.25) is 0 Å². The summed E-state index contributed by atoms with van der Waals surface area (Å²) in [5.74, 6) is 2.01. The highest BCUT2D eigenvalue weighted by atomic mass is 35.5. The van der Waals surface area contributed by atoms with Crippen LogP contribution < -0.4 is 15.2 Å². The molecule has 0 aromatic heterocycles. The number of benzene rings is 2. The van der Waals surface area contributed by atoms with E-state index >= 15 is 0 Å². The van der Waals surface area contributed by atoms with Crippen LogP contribution >= 0.6 is 11.6 Å². The van der Waals surface area contributed by atoms with Gasteiger partial charge in [0, 0.05) is 11.8 Å². The molecule has 4 heteroatoms. The van der Waals surface area contributed by atoms with Gasteiger partial charge in [-0.3, -0.25) is 0 Å². The summed E-state index contributed by atoms with van der Waals surface area (Å²) < 4.78 is 11.5. The molecule has 0 atom stereocenters. The molecule has 0 aliphatic rings. The summed E-state index contributed by atoms with van der Waals surface area (Å²) in [6.45, 7) is 7.02. The molecule has 0 heterocycles. The molecule has 0 spiro atoms. The molecular weight excluding hydrogens is 286 g/mol. The van der Waals surface area contributed by atoms with Crippen molar-refractivity contribution >= 4 is 17.3 Å². The lowest BCUT2D eigenvalue weighted by Crippen LogP contribution is -2.16. The molecule has 2 rings (SSSR count). The Morgan fingerprint density at radius 1 is 1.05 bits per heavy atom. The second-order valence-corrected chi connectivity index (χ2v) is 6.52. The largest absolute Gasteiger partial charge is 0.493 e. The minimum Gasteiger partial charge on any atom is -0.493 e. The van der Waals surface area contributed by atoms with Gasteiger partial charge < -0.3 is 15.2 Å². The van der Waals surface area contributed by atoms with Crippen molar-refractivity contribution in [1.29, 1.82) is 0 Å². The molecule has 0 unspecified atom stereocenters. The second-order valence-electron chi connectivity index (χ2n) is 6.12. The van der Waals surface area contributed by atoms with Gasteiger partial charge in [-0.1, -0.05) is 38.4 Å². The monoisotopic (exact) mass is 305 g/mol. The SMILES string of the molecule is CC(C)(C)COc1cccc(Oc2ccc(N)cc2Cl)c1. The van der Waals surface area contributed by atoms with Crippen LogP contribution in [0.5, 0.6) is 17.2 Å². The third kappa shape index (κ3) is 4.87. The van der Waals surface area contributed by atoms with Gasteiger partial charge in [-0.15, -0.1) is 0 Å². The minimum atomic E-state index is 0.108. The number of anilines is 1. The molecule has 0 aliphatic carbocycles. The lowest BCUT2D eigenvalue weighted by Gasteiger charge is -2.19. The van der Waals surface area contributed by atoms with Crippen molar-refractivity contribution < 1.29 is 9.47 Å². The smallest absolute Gasteiger partial charge is 0.146 e. The molecule has 3 nitrogen and oxygen atoms in total. The molecular formula is C17H20ClNO2. The summed E-state index contributed by atoms with van der Waals surface area (Å²) >= 11 is 6.10. The standard InChI is InChI=1S/C17H20ClNO2/c1-17(2,3)11-20-13-5-4-6-14(10-13)21-16-8-7-12(19)9-15(16)18/h4-10H,11,19H2,1-3H3. The van der Waals surface area contributed by atoms with E-state index in [1.54, 1.807) is 18.2 Å². The van der Waals surface area contributed by atoms with Crippen molar-refractivity contribution in [2.24, 2.45) is 5.41 Å². The maximum atomic E-state index is 6.10. The van der Waals surface area contributed by atoms with Crippen LogP contribution in [0.3, 0.4) is 0 Å². The summed E-state index contributed by atoms with van der Waals surface area (Å²) in [7, 11) is 0. The Kier molecular flexibility index (Phi) is 4.63. The Morgan fingerprint density at radius 3 is 2.43 bits per heavy atom. The van der Waals surface area contributed by atoms with Gasteiger partial charge in [-0.2, -0.15) is 0 Å². The Bertz CT molecular complexity index is 620. The van der Waals surface area contributed by atoms with E-state index in [2.05, 4.69) is 20.8 Å². The summed E-state index contributed by atoms with van der Waals surface area (Å²) in [5, 5.41) is 0.482. The number of hydrogen-bond donors (Lipinski definition) is 1. The molecule has 0 radical (unpaired) electrons. The predicted octanol–water partition coefficient (Wildman–Crippen LogP) is 5.14. The van der Waals surface area contributed by atoms with E-state index in [1.807, 2.05) is 24.3 Å². The fraction of sp³-hybridized carbons (Fsp3) is 0.294. The van der Waals surface area contributed by atoms with Crippen molar-refractivity contribution in [2.45, 2.75) is 20.8 Å². The lowest BCUT2D eigenvalue weighted by atomic mass is 9.99. The molecule has 0 aliphatic heterocycles. The number of halogens is 1. The van der Waals surface area contributed by atoms with Gasteiger partial charge in [0.05, 0.1) is 11.6 Å². The van der Waals surface area contributed by atoms with E-state index in [-0.39, 0.29) is 5.41 Å². The lowest BCUT2D eigenvalue weighted by molar-refractivity contribution is 0.197. The molecule has 0 bridgehead atoms. The molecule has 112 valence electrons. The topological polar surface area (TPSA) is 44.5 Å². The maximum Gasteiger partial charge on any atom is 0.146 e. The fourth-order valence-electron chi connectivity index (χ4n) is 1.65. The Hall–Kier alpha value is -1.87. The number of nitrogen functional groups attached to an aromatic ring is 1. The van der Waals surface area contributed by atoms with Crippen LogP contribution in [0, 0.1) is 5.41 Å². The van der Waals surface area contributed by atoms with E-state index in [0.717, 1.165) is 5.75 Å². The van der Waals surface area contributed by atoms with Crippen LogP contribution in [0.4, 0.5) is 5.69 Å². The average Bonchev–Trinajstić information content (AvgIpc) is 2.39. The van der Waals surface area contributed by atoms with Crippen LogP contribution in [-0.4, -0.2) is 6.61 Å². The van der Waals surface area contributed by atoms with E-state index in [9.17, 15) is 0 Å². The molecule has 0 fully saturated rings. The van der Waals surface area contributed by atoms with Crippen molar-refractivity contribution in [2.75, 3.05) is 12.3 Å². The quantitative estimate of drug-likeness (QED) is 0.795. The first-order valence-corrected chi connectivity index (χ1v) is 7.17. The van der Waals surface area contributed by atoms with Crippen molar-refractivity contribution in [3.8, 4) is 17.2 Å². The first-order valence-electron chi connectivity index (χ1n) is 6.79. The number of ether oxygens (including phenoxy) is 2. The fourth-order valence-corrected chi connectivity index (χ4v) is 1.88. The van der Waals surface area contributed by atoms with E-state index in [0.29, 0.717) is 28.8 Å². The normalized spacial score (nSPS) is 11.2. The molecule has 0 amide bonds. The molecule has 2 aromatic carbocycles. The first kappa shape index (κ1) is 15.5. The van der Waals surface area contributed by atoms with E-state index in [1.165, 1.54) is 0 Å². The Morgan fingerprint density at radius 2 is 1.76 bits per heavy atom. The third-order valence-electron chi connectivity index (χ3n) is 2.66. The molecule has 21 heavy (non-hydrogen) atoms. The molecule has 0 saturated heterocycles. The van der Waals surface area contributed by atoms with E-state index in [4.69, 9.17) is 26.8 Å².